The van der Waals surface area contributed by atoms with E-state index in [4.69, 9.17) is 4.74 Å². The van der Waals surface area contributed by atoms with E-state index in [-0.39, 0.29) is 5.56 Å². The lowest BCUT2D eigenvalue weighted by atomic mass is 10.0. The van der Waals surface area contributed by atoms with Gasteiger partial charge in [0.1, 0.15) is 19.2 Å². The Morgan fingerprint density at radius 1 is 1.38 bits per heavy atom. The second-order valence-corrected chi connectivity index (χ2v) is 5.96. The van der Waals surface area contributed by atoms with Crippen LogP contribution in [0.2, 0.25) is 0 Å². The highest BCUT2D eigenvalue weighted by atomic mass is 16.5. The number of pyridine rings is 1. The van der Waals surface area contributed by atoms with Crippen molar-refractivity contribution in [2.24, 2.45) is 0 Å². The lowest BCUT2D eigenvalue weighted by Crippen LogP contribution is -2.85. The predicted molar refractivity (Wildman–Crippen MR) is 83.5 cm³/mol. The molecule has 0 bridgehead atoms. The van der Waals surface area contributed by atoms with Gasteiger partial charge in [0, 0.05) is 6.61 Å². The van der Waals surface area contributed by atoms with Crippen molar-refractivity contribution in [3.05, 3.63) is 45.2 Å². The topological polar surface area (TPSA) is 58.7 Å². The van der Waals surface area contributed by atoms with Crippen LogP contribution >= 0.6 is 0 Å². The molecule has 1 fully saturated rings. The van der Waals surface area contributed by atoms with E-state index < -0.39 is 0 Å². The molecule has 1 aromatic carbocycles. The summed E-state index contributed by atoms with van der Waals surface area (Å²) in [5.74, 6) is 0. The summed E-state index contributed by atoms with van der Waals surface area (Å²) in [5, 5.41) is 3.28. The van der Waals surface area contributed by atoms with Crippen LogP contribution in [0.4, 0.5) is 0 Å². The van der Waals surface area contributed by atoms with E-state index >= 15 is 0 Å². The van der Waals surface area contributed by atoms with Gasteiger partial charge >= 0.3 is 0 Å². The molecule has 112 valence electrons. The Kier molecular flexibility index (Phi) is 4.08. The van der Waals surface area contributed by atoms with Crippen molar-refractivity contribution in [2.75, 3.05) is 13.2 Å². The molecule has 0 radical (unpaired) electrons. The molecule has 3 N–H and O–H groups in total. The number of nitrogens with one attached hydrogen (secondary N) is 1. The number of rotatable bonds is 4. The predicted octanol–water partition coefficient (Wildman–Crippen LogP) is 1.39. The molecule has 1 atom stereocenters. The SMILES string of the molecule is Cc1ccc2cc(C[NH2+]C[C@H]3CCCO3)c(=O)[nH]c2c1C. The molecular formula is C17H23N2O2+. The second-order valence-electron chi connectivity index (χ2n) is 5.96. The number of ether oxygens (including phenoxy) is 1. The number of H-pyrrole nitrogens is 1. The van der Waals surface area contributed by atoms with Crippen LogP contribution in [-0.2, 0) is 11.3 Å². The fourth-order valence-electron chi connectivity index (χ4n) is 2.98. The molecule has 0 amide bonds. The average molecular weight is 287 g/mol. The fraction of sp³-hybridized carbons (Fsp3) is 0.471. The lowest BCUT2D eigenvalue weighted by Gasteiger charge is -2.09. The van der Waals surface area contributed by atoms with Gasteiger partial charge in [0.15, 0.2) is 0 Å². The first kappa shape index (κ1) is 14.3. The van der Waals surface area contributed by atoms with Gasteiger partial charge in [-0.25, -0.2) is 0 Å². The normalized spacial score (nSPS) is 18.5. The first-order valence-electron chi connectivity index (χ1n) is 7.70. The van der Waals surface area contributed by atoms with Gasteiger partial charge in [0.2, 0.25) is 0 Å². The van der Waals surface area contributed by atoms with Crippen molar-refractivity contribution in [1.82, 2.24) is 4.98 Å². The maximum Gasteiger partial charge on any atom is 0.257 e. The molecule has 2 heterocycles. The van der Waals surface area contributed by atoms with Gasteiger partial charge in [-0.15, -0.1) is 0 Å². The van der Waals surface area contributed by atoms with Crippen LogP contribution in [0.5, 0.6) is 0 Å². The highest BCUT2D eigenvalue weighted by molar-refractivity contribution is 5.83. The van der Waals surface area contributed by atoms with Gasteiger partial charge in [-0.1, -0.05) is 12.1 Å². The van der Waals surface area contributed by atoms with E-state index in [2.05, 4.69) is 36.3 Å². The molecule has 21 heavy (non-hydrogen) atoms. The third kappa shape index (κ3) is 3.01. The summed E-state index contributed by atoms with van der Waals surface area (Å²) in [6.45, 7) is 6.64. The number of hydrogen-bond donors (Lipinski definition) is 2. The average Bonchev–Trinajstić information content (AvgIpc) is 2.98. The van der Waals surface area contributed by atoms with E-state index in [0.29, 0.717) is 12.6 Å². The van der Waals surface area contributed by atoms with Gasteiger partial charge in [-0.3, -0.25) is 4.79 Å². The Bertz CT molecular complexity index is 700. The number of aryl methyl sites for hydroxylation is 2. The molecule has 1 aliphatic rings. The molecule has 2 aromatic rings. The second kappa shape index (κ2) is 6.00. The minimum atomic E-state index is 0.0276. The number of benzene rings is 1. The number of aromatic nitrogens is 1. The molecule has 1 saturated heterocycles. The van der Waals surface area contributed by atoms with Crippen LogP contribution in [0.15, 0.2) is 23.0 Å². The first-order chi connectivity index (χ1) is 10.1. The highest BCUT2D eigenvalue weighted by Gasteiger charge is 2.17. The van der Waals surface area contributed by atoms with Gasteiger partial charge < -0.3 is 15.0 Å². The molecule has 4 heteroatoms. The zero-order chi connectivity index (χ0) is 14.8. The van der Waals surface area contributed by atoms with Gasteiger partial charge in [-0.2, -0.15) is 0 Å². The summed E-state index contributed by atoms with van der Waals surface area (Å²) in [6.07, 6.45) is 2.66. The molecule has 0 spiro atoms. The molecular weight excluding hydrogens is 264 g/mol. The van der Waals surface area contributed by atoms with Gasteiger partial charge in [-0.05, 0) is 49.3 Å². The number of quaternary nitrogens is 1. The molecule has 0 saturated carbocycles. The number of nitrogens with two attached hydrogens (primary N) is 1. The van der Waals surface area contributed by atoms with E-state index in [1.54, 1.807) is 0 Å². The van der Waals surface area contributed by atoms with E-state index in [9.17, 15) is 4.79 Å². The summed E-state index contributed by atoms with van der Waals surface area (Å²) >= 11 is 0. The molecule has 0 aliphatic carbocycles. The quantitative estimate of drug-likeness (QED) is 0.892. The smallest absolute Gasteiger partial charge is 0.257 e. The third-order valence-electron chi connectivity index (χ3n) is 4.45. The highest BCUT2D eigenvalue weighted by Crippen LogP contribution is 2.18. The van der Waals surface area contributed by atoms with E-state index in [1.165, 1.54) is 5.56 Å². The Balaban J connectivity index is 1.77. The van der Waals surface area contributed by atoms with Gasteiger partial charge in [0.05, 0.1) is 11.1 Å². The molecule has 3 rings (SSSR count). The van der Waals surface area contributed by atoms with Crippen molar-refractivity contribution in [1.29, 1.82) is 0 Å². The zero-order valence-electron chi connectivity index (χ0n) is 12.7. The number of hydrogen-bond acceptors (Lipinski definition) is 2. The summed E-state index contributed by atoms with van der Waals surface area (Å²) in [6, 6.07) is 6.21. The Labute approximate surface area is 124 Å². The maximum atomic E-state index is 12.2. The van der Waals surface area contributed by atoms with E-state index in [1.807, 2.05) is 6.07 Å². The Morgan fingerprint density at radius 2 is 2.24 bits per heavy atom. The minimum Gasteiger partial charge on any atom is -0.372 e. The Morgan fingerprint density at radius 3 is 3.00 bits per heavy atom. The van der Waals surface area contributed by atoms with Gasteiger partial charge in [0.25, 0.3) is 5.56 Å². The minimum absolute atomic E-state index is 0.0276. The summed E-state index contributed by atoms with van der Waals surface area (Å²) in [5.41, 5.74) is 4.18. The number of fused-ring (bicyclic) bond motifs is 1. The van der Waals surface area contributed by atoms with Crippen molar-refractivity contribution < 1.29 is 10.1 Å². The van der Waals surface area contributed by atoms with Crippen LogP contribution in [0, 0.1) is 13.8 Å². The molecule has 4 nitrogen and oxygen atoms in total. The van der Waals surface area contributed by atoms with E-state index in [0.717, 1.165) is 48.0 Å². The maximum absolute atomic E-state index is 12.2. The molecule has 1 aromatic heterocycles. The summed E-state index contributed by atoms with van der Waals surface area (Å²) in [7, 11) is 0. The van der Waals surface area contributed by atoms with Crippen molar-refractivity contribution >= 4 is 10.9 Å². The fourth-order valence-corrected chi connectivity index (χ4v) is 2.98. The van der Waals surface area contributed by atoms with Crippen LogP contribution in [0.3, 0.4) is 0 Å². The Hall–Kier alpha value is -1.65. The first-order valence-corrected chi connectivity index (χ1v) is 7.70. The number of aromatic amines is 1. The van der Waals surface area contributed by atoms with Crippen LogP contribution in [0.1, 0.15) is 29.5 Å². The molecule has 1 aliphatic heterocycles. The monoisotopic (exact) mass is 287 g/mol. The largest absolute Gasteiger partial charge is 0.372 e. The summed E-state index contributed by atoms with van der Waals surface area (Å²) < 4.78 is 5.60. The van der Waals surface area contributed by atoms with Crippen molar-refractivity contribution in [2.45, 2.75) is 39.3 Å². The lowest BCUT2D eigenvalue weighted by molar-refractivity contribution is -0.676. The van der Waals surface area contributed by atoms with Crippen molar-refractivity contribution in [3.63, 3.8) is 0 Å². The van der Waals surface area contributed by atoms with Crippen LogP contribution in [0.25, 0.3) is 10.9 Å². The standard InChI is InChI=1S/C17H22N2O2/c1-11-5-6-13-8-14(17(20)19-16(13)12(11)2)9-18-10-15-4-3-7-21-15/h5-6,8,15,18H,3-4,7,9-10H2,1-2H3,(H,19,20)/p+1/t15-/m1/s1. The van der Waals surface area contributed by atoms with Crippen LogP contribution < -0.4 is 10.9 Å². The van der Waals surface area contributed by atoms with Crippen molar-refractivity contribution in [3.8, 4) is 0 Å². The zero-order valence-corrected chi connectivity index (χ0v) is 12.7. The third-order valence-corrected chi connectivity index (χ3v) is 4.45. The summed E-state index contributed by atoms with van der Waals surface area (Å²) in [4.78, 5) is 15.3. The van der Waals surface area contributed by atoms with Crippen LogP contribution in [-0.4, -0.2) is 24.2 Å². The molecule has 0 unspecified atom stereocenters.